The molecule has 0 saturated carbocycles. The van der Waals surface area contributed by atoms with E-state index in [4.69, 9.17) is 11.6 Å². The van der Waals surface area contributed by atoms with Crippen molar-refractivity contribution in [3.8, 4) is 0 Å². The highest BCUT2D eigenvalue weighted by atomic mass is 35.5. The molecule has 1 fully saturated rings. The number of benzene rings is 1. The fourth-order valence-corrected chi connectivity index (χ4v) is 6.69. The Labute approximate surface area is 199 Å². The smallest absolute Gasteiger partial charge is 0.243 e. The summed E-state index contributed by atoms with van der Waals surface area (Å²) in [5, 5.41) is 3.56. The molecule has 7 nitrogen and oxygen atoms in total. The summed E-state index contributed by atoms with van der Waals surface area (Å²) in [6.45, 7) is 8.59. The number of nitrogens with zero attached hydrogens (tertiary/aromatic N) is 3. The molecule has 0 spiro atoms. The number of hydrogen-bond donors (Lipinski definition) is 1. The maximum atomic E-state index is 13.4. The number of hydrogen-bond acceptors (Lipinski definition) is 4. The number of imidazole rings is 1. The highest BCUT2D eigenvalue weighted by Crippen LogP contribution is 2.31. The topological polar surface area (TPSA) is 83.8 Å². The zero-order valence-electron chi connectivity index (χ0n) is 19.4. The number of fused-ring (bicyclic) bond motifs is 1. The first-order chi connectivity index (χ1) is 15.6. The summed E-state index contributed by atoms with van der Waals surface area (Å²) in [5.41, 5.74) is 5.05. The second-order valence-electron chi connectivity index (χ2n) is 8.83. The normalized spacial score (nSPS) is 15.8. The first-order valence-corrected chi connectivity index (χ1v) is 12.9. The minimum Gasteiger partial charge on any atom is -0.350 e. The summed E-state index contributed by atoms with van der Waals surface area (Å²) < 4.78 is 30.2. The van der Waals surface area contributed by atoms with Gasteiger partial charge in [0.25, 0.3) is 0 Å². The van der Waals surface area contributed by atoms with Crippen LogP contribution in [0.15, 0.2) is 35.5 Å². The summed E-state index contributed by atoms with van der Waals surface area (Å²) in [4.78, 5) is 17.6. The van der Waals surface area contributed by atoms with Crippen molar-refractivity contribution in [1.29, 1.82) is 0 Å². The third-order valence-electron chi connectivity index (χ3n) is 6.63. The Bertz CT molecular complexity index is 1300. The van der Waals surface area contributed by atoms with Gasteiger partial charge in [-0.3, -0.25) is 4.79 Å². The number of halogens is 1. The lowest BCUT2D eigenvalue weighted by Gasteiger charge is -2.31. The van der Waals surface area contributed by atoms with E-state index in [1.807, 2.05) is 50.4 Å². The van der Waals surface area contributed by atoms with E-state index in [2.05, 4.69) is 10.3 Å². The molecule has 1 saturated heterocycles. The van der Waals surface area contributed by atoms with Crippen molar-refractivity contribution in [2.24, 2.45) is 5.92 Å². The average molecular weight is 489 g/mol. The maximum absolute atomic E-state index is 13.4. The van der Waals surface area contributed by atoms with E-state index in [0.29, 0.717) is 42.4 Å². The number of amides is 1. The van der Waals surface area contributed by atoms with Crippen LogP contribution in [-0.4, -0.2) is 41.1 Å². The third kappa shape index (κ3) is 4.65. The molecule has 2 aromatic heterocycles. The van der Waals surface area contributed by atoms with Gasteiger partial charge in [0.05, 0.1) is 22.2 Å². The van der Waals surface area contributed by atoms with Crippen LogP contribution in [0.5, 0.6) is 0 Å². The molecule has 1 aliphatic rings. The Morgan fingerprint density at radius 3 is 2.36 bits per heavy atom. The number of carbonyl (C=O) groups is 1. The molecule has 3 heterocycles. The number of pyridine rings is 1. The van der Waals surface area contributed by atoms with Gasteiger partial charge in [-0.2, -0.15) is 4.31 Å². The minimum atomic E-state index is -3.61. The fraction of sp³-hybridized carbons (Fsp3) is 0.417. The van der Waals surface area contributed by atoms with Crippen LogP contribution >= 0.6 is 11.6 Å². The standard InChI is InChI=1S/C24H29ClN4O3S/c1-15-11-16(2)18(4)23(17(15)3)33(31,32)29-9-7-19(8-10-29)24(30)26-12-21-14-28-13-20(25)5-6-22(28)27-21/h5-6,11,13-14,19H,7-10,12H2,1-4H3,(H,26,30). The van der Waals surface area contributed by atoms with Crippen LogP contribution in [0.2, 0.25) is 5.02 Å². The lowest BCUT2D eigenvalue weighted by Crippen LogP contribution is -2.43. The van der Waals surface area contributed by atoms with E-state index >= 15 is 0 Å². The Morgan fingerprint density at radius 1 is 1.09 bits per heavy atom. The quantitative estimate of drug-likeness (QED) is 0.589. The Hall–Kier alpha value is -2.42. The van der Waals surface area contributed by atoms with Crippen LogP contribution in [-0.2, 0) is 21.4 Å². The van der Waals surface area contributed by atoms with Crippen LogP contribution in [0.25, 0.3) is 5.65 Å². The van der Waals surface area contributed by atoms with Gasteiger partial charge >= 0.3 is 0 Å². The van der Waals surface area contributed by atoms with E-state index in [0.717, 1.165) is 33.6 Å². The molecule has 0 aliphatic carbocycles. The predicted octanol–water partition coefficient (Wildman–Crippen LogP) is 3.94. The van der Waals surface area contributed by atoms with Gasteiger partial charge < -0.3 is 9.72 Å². The Balaban J connectivity index is 1.39. The van der Waals surface area contributed by atoms with Gasteiger partial charge in [-0.15, -0.1) is 0 Å². The molecule has 1 aliphatic heterocycles. The summed E-state index contributed by atoms with van der Waals surface area (Å²) in [5.74, 6) is -0.287. The molecule has 0 bridgehead atoms. The highest BCUT2D eigenvalue weighted by molar-refractivity contribution is 7.89. The lowest BCUT2D eigenvalue weighted by molar-refractivity contribution is -0.126. The van der Waals surface area contributed by atoms with E-state index < -0.39 is 10.0 Å². The van der Waals surface area contributed by atoms with Crippen molar-refractivity contribution in [1.82, 2.24) is 19.0 Å². The molecule has 9 heteroatoms. The molecule has 0 unspecified atom stereocenters. The van der Waals surface area contributed by atoms with Crippen LogP contribution in [0.4, 0.5) is 0 Å². The summed E-state index contributed by atoms with van der Waals surface area (Å²) in [6, 6.07) is 5.62. The zero-order valence-corrected chi connectivity index (χ0v) is 20.9. The first-order valence-electron chi connectivity index (χ1n) is 11.1. The number of nitrogens with one attached hydrogen (secondary N) is 1. The molecule has 4 rings (SSSR count). The van der Waals surface area contributed by atoms with E-state index in [1.54, 1.807) is 12.3 Å². The van der Waals surface area contributed by atoms with E-state index in [1.165, 1.54) is 4.31 Å². The molecule has 1 amide bonds. The van der Waals surface area contributed by atoms with Gasteiger partial charge in [-0.25, -0.2) is 13.4 Å². The fourth-order valence-electron chi connectivity index (χ4n) is 4.48. The number of aryl methyl sites for hydroxylation is 2. The number of aromatic nitrogens is 2. The molecule has 1 N–H and O–H groups in total. The van der Waals surface area contributed by atoms with Crippen LogP contribution in [0, 0.1) is 33.6 Å². The molecule has 0 radical (unpaired) electrons. The van der Waals surface area contributed by atoms with Gasteiger partial charge in [0, 0.05) is 31.4 Å². The van der Waals surface area contributed by atoms with Crippen molar-refractivity contribution in [2.75, 3.05) is 13.1 Å². The van der Waals surface area contributed by atoms with Gasteiger partial charge in [-0.05, 0) is 74.9 Å². The van der Waals surface area contributed by atoms with Gasteiger partial charge in [0.1, 0.15) is 5.65 Å². The Morgan fingerprint density at radius 2 is 1.73 bits per heavy atom. The van der Waals surface area contributed by atoms with Gasteiger partial charge in [0.15, 0.2) is 0 Å². The van der Waals surface area contributed by atoms with Crippen molar-refractivity contribution >= 4 is 33.2 Å². The SMILES string of the molecule is Cc1cc(C)c(C)c(S(=O)(=O)N2CCC(C(=O)NCc3cn4cc(Cl)ccc4n3)CC2)c1C. The maximum Gasteiger partial charge on any atom is 0.243 e. The van der Waals surface area contributed by atoms with Crippen molar-refractivity contribution in [2.45, 2.75) is 52.0 Å². The van der Waals surface area contributed by atoms with E-state index in [-0.39, 0.29) is 11.8 Å². The van der Waals surface area contributed by atoms with Crippen LogP contribution in [0.1, 0.15) is 40.8 Å². The van der Waals surface area contributed by atoms with E-state index in [9.17, 15) is 13.2 Å². The summed E-state index contributed by atoms with van der Waals surface area (Å²) in [7, 11) is -3.61. The summed E-state index contributed by atoms with van der Waals surface area (Å²) in [6.07, 6.45) is 4.60. The first kappa shape index (κ1) is 23.7. The van der Waals surface area contributed by atoms with Crippen LogP contribution < -0.4 is 5.32 Å². The molecule has 1 aromatic carbocycles. The molecular formula is C24H29ClN4O3S. The second-order valence-corrected chi connectivity index (χ2v) is 11.1. The monoisotopic (exact) mass is 488 g/mol. The minimum absolute atomic E-state index is 0.0686. The van der Waals surface area contributed by atoms with Gasteiger partial charge in [-0.1, -0.05) is 17.7 Å². The molecule has 0 atom stereocenters. The van der Waals surface area contributed by atoms with Gasteiger partial charge in [0.2, 0.25) is 15.9 Å². The second kappa shape index (κ2) is 9.08. The largest absolute Gasteiger partial charge is 0.350 e. The highest BCUT2D eigenvalue weighted by Gasteiger charge is 2.34. The van der Waals surface area contributed by atoms with Crippen molar-refractivity contribution in [3.05, 3.63) is 63.6 Å². The number of piperidine rings is 1. The average Bonchev–Trinajstić information content (AvgIpc) is 3.18. The molecule has 33 heavy (non-hydrogen) atoms. The Kier molecular flexibility index (Phi) is 6.53. The lowest BCUT2D eigenvalue weighted by atomic mass is 9.97. The molecule has 3 aromatic rings. The third-order valence-corrected chi connectivity index (χ3v) is 9.03. The van der Waals surface area contributed by atoms with Crippen molar-refractivity contribution < 1.29 is 13.2 Å². The predicted molar refractivity (Wildman–Crippen MR) is 129 cm³/mol. The number of carbonyl (C=O) groups excluding carboxylic acids is 1. The van der Waals surface area contributed by atoms with Crippen LogP contribution in [0.3, 0.4) is 0 Å². The zero-order chi connectivity index (χ0) is 23.9. The van der Waals surface area contributed by atoms with Crippen molar-refractivity contribution in [3.63, 3.8) is 0 Å². The number of rotatable bonds is 5. The number of sulfonamides is 1. The summed E-state index contributed by atoms with van der Waals surface area (Å²) >= 11 is 6.01. The molecule has 176 valence electrons. The molecular weight excluding hydrogens is 460 g/mol.